The average Bonchev–Trinajstić information content (AvgIpc) is 3.23. The normalized spacial score (nSPS) is 17.7. The van der Waals surface area contributed by atoms with Crippen LogP contribution in [0.4, 0.5) is 5.00 Å². The maximum atomic E-state index is 12.7. The molecule has 0 fully saturated rings. The Labute approximate surface area is 167 Å². The number of carbonyl (C=O) groups excluding carboxylic acids is 1. The quantitative estimate of drug-likeness (QED) is 0.624. The van der Waals surface area contributed by atoms with Gasteiger partial charge in [-0.2, -0.15) is 10.5 Å². The molecule has 140 valence electrons. The van der Waals surface area contributed by atoms with Crippen molar-refractivity contribution < 1.29 is 9.53 Å². The van der Waals surface area contributed by atoms with Crippen molar-refractivity contribution in [1.29, 1.82) is 10.5 Å². The summed E-state index contributed by atoms with van der Waals surface area (Å²) in [7, 11) is 0. The Balaban J connectivity index is 1.58. The summed E-state index contributed by atoms with van der Waals surface area (Å²) in [5, 5.41) is 22.4. The van der Waals surface area contributed by atoms with Gasteiger partial charge in [0.1, 0.15) is 34.6 Å². The first kappa shape index (κ1) is 18.3. The fourth-order valence-electron chi connectivity index (χ4n) is 3.79. The molecule has 0 saturated carbocycles. The first-order valence-electron chi connectivity index (χ1n) is 9.36. The summed E-state index contributed by atoms with van der Waals surface area (Å²) in [4.78, 5) is 13.9. The molecule has 2 aromatic rings. The summed E-state index contributed by atoms with van der Waals surface area (Å²) >= 11 is 1.46. The van der Waals surface area contributed by atoms with E-state index >= 15 is 0 Å². The molecule has 1 aliphatic heterocycles. The van der Waals surface area contributed by atoms with Gasteiger partial charge in [-0.25, -0.2) is 0 Å². The molecule has 1 atom stereocenters. The minimum absolute atomic E-state index is 0.0159. The molecule has 4 rings (SSSR count). The van der Waals surface area contributed by atoms with Gasteiger partial charge in [0, 0.05) is 11.3 Å². The van der Waals surface area contributed by atoms with Crippen LogP contribution in [0.2, 0.25) is 0 Å². The topological polar surface area (TPSA) is 85.9 Å². The fraction of sp³-hybridized carbons (Fsp3) is 0.318. The lowest BCUT2D eigenvalue weighted by Gasteiger charge is -2.09. The van der Waals surface area contributed by atoms with Gasteiger partial charge in [-0.1, -0.05) is 6.07 Å². The van der Waals surface area contributed by atoms with Crippen LogP contribution in [0, 0.1) is 22.7 Å². The summed E-state index contributed by atoms with van der Waals surface area (Å²) in [5.41, 5.74) is 3.49. The van der Waals surface area contributed by atoms with Crippen LogP contribution in [-0.2, 0) is 24.1 Å². The number of nitriles is 2. The van der Waals surface area contributed by atoms with Crippen LogP contribution in [-0.4, -0.2) is 12.0 Å². The highest BCUT2D eigenvalue weighted by atomic mass is 32.1. The molecule has 1 amide bonds. The second kappa shape index (κ2) is 7.50. The third-order valence-electron chi connectivity index (χ3n) is 5.11. The van der Waals surface area contributed by atoms with Gasteiger partial charge in [-0.15, -0.1) is 11.3 Å². The van der Waals surface area contributed by atoms with Crippen LogP contribution in [0.25, 0.3) is 6.08 Å². The number of anilines is 1. The third-order valence-corrected chi connectivity index (χ3v) is 6.31. The lowest BCUT2D eigenvalue weighted by Crippen LogP contribution is -2.13. The summed E-state index contributed by atoms with van der Waals surface area (Å²) in [6, 6.07) is 9.88. The van der Waals surface area contributed by atoms with Gasteiger partial charge in [0.05, 0.1) is 5.56 Å². The smallest absolute Gasteiger partial charge is 0.266 e. The number of fused-ring (bicyclic) bond motifs is 2. The van der Waals surface area contributed by atoms with Crippen LogP contribution in [0.3, 0.4) is 0 Å². The van der Waals surface area contributed by atoms with Crippen molar-refractivity contribution >= 4 is 28.3 Å². The second-order valence-electron chi connectivity index (χ2n) is 7.15. The highest BCUT2D eigenvalue weighted by molar-refractivity contribution is 7.16. The minimum atomic E-state index is -0.484. The Morgan fingerprint density at radius 3 is 2.93 bits per heavy atom. The Hall–Kier alpha value is -3.09. The van der Waals surface area contributed by atoms with Crippen molar-refractivity contribution in [3.63, 3.8) is 0 Å². The van der Waals surface area contributed by atoms with Crippen LogP contribution >= 0.6 is 11.3 Å². The van der Waals surface area contributed by atoms with E-state index in [9.17, 15) is 15.3 Å². The number of thiophene rings is 1. The summed E-state index contributed by atoms with van der Waals surface area (Å²) < 4.78 is 5.69. The molecule has 6 heteroatoms. The molecule has 1 N–H and O–H groups in total. The van der Waals surface area contributed by atoms with Crippen LogP contribution < -0.4 is 10.1 Å². The predicted molar refractivity (Wildman–Crippen MR) is 108 cm³/mol. The lowest BCUT2D eigenvalue weighted by molar-refractivity contribution is -0.112. The number of hydrogen-bond acceptors (Lipinski definition) is 5. The van der Waals surface area contributed by atoms with Gasteiger partial charge < -0.3 is 10.1 Å². The number of aryl methyl sites for hydroxylation is 1. The Morgan fingerprint density at radius 1 is 1.32 bits per heavy atom. The van der Waals surface area contributed by atoms with E-state index in [1.165, 1.54) is 16.2 Å². The Kier molecular flexibility index (Phi) is 4.90. The van der Waals surface area contributed by atoms with Crippen molar-refractivity contribution in [2.75, 3.05) is 5.32 Å². The van der Waals surface area contributed by atoms with E-state index in [-0.39, 0.29) is 11.7 Å². The first-order chi connectivity index (χ1) is 13.6. The molecule has 5 nitrogen and oxygen atoms in total. The molecule has 0 saturated heterocycles. The number of benzene rings is 1. The van der Waals surface area contributed by atoms with E-state index in [4.69, 9.17) is 4.74 Å². The predicted octanol–water partition coefficient (Wildman–Crippen LogP) is 4.37. The van der Waals surface area contributed by atoms with Gasteiger partial charge >= 0.3 is 0 Å². The number of ether oxygens (including phenoxy) is 1. The van der Waals surface area contributed by atoms with Crippen molar-refractivity contribution in [3.05, 3.63) is 50.9 Å². The largest absolute Gasteiger partial charge is 0.490 e. The Bertz CT molecular complexity index is 1070. The molecule has 1 unspecified atom stereocenters. The fourth-order valence-corrected chi connectivity index (χ4v) is 5.02. The summed E-state index contributed by atoms with van der Waals surface area (Å²) in [5.74, 6) is 0.373. The third kappa shape index (κ3) is 3.40. The second-order valence-corrected chi connectivity index (χ2v) is 8.26. The van der Waals surface area contributed by atoms with E-state index in [0.29, 0.717) is 10.6 Å². The first-order valence-corrected chi connectivity index (χ1v) is 10.2. The average molecular weight is 389 g/mol. The number of amides is 1. The van der Waals surface area contributed by atoms with E-state index in [1.807, 2.05) is 31.2 Å². The maximum Gasteiger partial charge on any atom is 0.266 e. The van der Waals surface area contributed by atoms with Crippen molar-refractivity contribution in [2.24, 2.45) is 0 Å². The number of nitrogens with zero attached hydrogens (tertiary/aromatic N) is 2. The van der Waals surface area contributed by atoms with E-state index in [1.54, 1.807) is 6.08 Å². The highest BCUT2D eigenvalue weighted by Crippen LogP contribution is 2.38. The molecular weight excluding hydrogens is 370 g/mol. The lowest BCUT2D eigenvalue weighted by atomic mass is 9.96. The minimum Gasteiger partial charge on any atom is -0.490 e. The highest BCUT2D eigenvalue weighted by Gasteiger charge is 2.23. The monoisotopic (exact) mass is 389 g/mol. The van der Waals surface area contributed by atoms with Crippen LogP contribution in [0.1, 0.15) is 46.9 Å². The van der Waals surface area contributed by atoms with Crippen LogP contribution in [0.15, 0.2) is 23.8 Å². The van der Waals surface area contributed by atoms with Gasteiger partial charge in [0.15, 0.2) is 0 Å². The van der Waals surface area contributed by atoms with Gasteiger partial charge in [-0.05, 0) is 67.5 Å². The Morgan fingerprint density at radius 2 is 2.14 bits per heavy atom. The van der Waals surface area contributed by atoms with E-state index in [0.717, 1.165) is 54.5 Å². The number of nitrogens with one attached hydrogen (secondary N) is 1. The van der Waals surface area contributed by atoms with Crippen molar-refractivity contribution in [1.82, 2.24) is 0 Å². The molecular formula is C22H19N3O2S. The zero-order valence-corrected chi connectivity index (χ0v) is 16.4. The molecule has 1 aromatic carbocycles. The zero-order chi connectivity index (χ0) is 19.7. The van der Waals surface area contributed by atoms with Crippen LogP contribution in [0.5, 0.6) is 5.75 Å². The zero-order valence-electron chi connectivity index (χ0n) is 15.5. The molecule has 1 aliphatic carbocycles. The summed E-state index contributed by atoms with van der Waals surface area (Å²) in [6.07, 6.45) is 6.53. The molecule has 28 heavy (non-hydrogen) atoms. The molecule has 1 aromatic heterocycles. The van der Waals surface area contributed by atoms with Gasteiger partial charge in [0.2, 0.25) is 0 Å². The molecule has 0 spiro atoms. The summed E-state index contributed by atoms with van der Waals surface area (Å²) in [6.45, 7) is 2.01. The standard InChI is InChI=1S/C22H19N3O2S/c1-13-8-15-9-14(6-7-19(15)27-13)10-16(11-23)21(26)25-22-18(12-24)17-4-2-3-5-20(17)28-22/h6-7,9-10,13H,2-5,8H2,1H3,(H,25,26)/b16-10-. The van der Waals surface area contributed by atoms with Crippen molar-refractivity contribution in [3.8, 4) is 17.9 Å². The maximum absolute atomic E-state index is 12.7. The van der Waals surface area contributed by atoms with Gasteiger partial charge in [0.25, 0.3) is 5.91 Å². The van der Waals surface area contributed by atoms with E-state index in [2.05, 4.69) is 11.4 Å². The number of hydrogen-bond donors (Lipinski definition) is 1. The SMILES string of the molecule is CC1Cc2cc(/C=C(/C#N)C(=O)Nc3sc4c(c3C#N)CCCC4)ccc2O1. The van der Waals surface area contributed by atoms with Gasteiger partial charge in [-0.3, -0.25) is 4.79 Å². The number of carbonyl (C=O) groups is 1. The molecule has 0 bridgehead atoms. The molecule has 0 radical (unpaired) electrons. The molecule has 2 aliphatic rings. The molecule has 2 heterocycles. The van der Waals surface area contributed by atoms with E-state index < -0.39 is 5.91 Å². The number of rotatable bonds is 3. The van der Waals surface area contributed by atoms with Crippen molar-refractivity contribution in [2.45, 2.75) is 45.1 Å².